The van der Waals surface area contributed by atoms with Gasteiger partial charge in [0.1, 0.15) is 5.82 Å². The topological polar surface area (TPSA) is 54.0 Å². The maximum atomic E-state index is 11.5. The number of hydrogen-bond acceptors (Lipinski definition) is 3. The summed E-state index contributed by atoms with van der Waals surface area (Å²) in [6.07, 6.45) is 3.07. The lowest BCUT2D eigenvalue weighted by Crippen LogP contribution is -2.11. The van der Waals surface area contributed by atoms with Crippen LogP contribution >= 0.6 is 0 Å². The quantitative estimate of drug-likeness (QED) is 0.866. The summed E-state index contributed by atoms with van der Waals surface area (Å²) in [6, 6.07) is 11.8. The average molecular weight is 269 g/mol. The number of aromatic nitrogens is 1. The highest BCUT2D eigenvalue weighted by atomic mass is 16.1. The van der Waals surface area contributed by atoms with Crippen LogP contribution in [0.4, 0.5) is 17.2 Å². The van der Waals surface area contributed by atoms with E-state index in [1.807, 2.05) is 31.2 Å². The van der Waals surface area contributed by atoms with Crippen LogP contribution in [0.15, 0.2) is 42.6 Å². The number of nitrogens with zero attached hydrogens (tertiary/aromatic N) is 1. The van der Waals surface area contributed by atoms with Crippen LogP contribution < -0.4 is 10.6 Å². The fourth-order valence-electron chi connectivity index (χ4n) is 1.84. The predicted molar refractivity (Wildman–Crippen MR) is 82.2 cm³/mol. The number of anilines is 3. The van der Waals surface area contributed by atoms with E-state index in [0.717, 1.165) is 17.8 Å². The molecule has 2 rings (SSSR count). The van der Waals surface area contributed by atoms with E-state index >= 15 is 0 Å². The van der Waals surface area contributed by atoms with Crippen LogP contribution in [0.2, 0.25) is 0 Å². The Morgan fingerprint density at radius 3 is 2.65 bits per heavy atom. The van der Waals surface area contributed by atoms with Gasteiger partial charge in [-0.15, -0.1) is 0 Å². The first-order chi connectivity index (χ1) is 9.69. The zero-order valence-electron chi connectivity index (χ0n) is 11.8. The second-order valence-corrected chi connectivity index (χ2v) is 4.67. The van der Waals surface area contributed by atoms with Crippen molar-refractivity contribution in [2.24, 2.45) is 0 Å². The van der Waals surface area contributed by atoms with Crippen molar-refractivity contribution in [2.45, 2.75) is 26.7 Å². The van der Waals surface area contributed by atoms with Gasteiger partial charge in [-0.1, -0.05) is 25.1 Å². The van der Waals surface area contributed by atoms with Crippen LogP contribution in [0.5, 0.6) is 0 Å². The van der Waals surface area contributed by atoms with Crippen LogP contribution in [0.1, 0.15) is 25.3 Å². The zero-order valence-corrected chi connectivity index (χ0v) is 11.8. The molecule has 0 unspecified atom stereocenters. The number of pyridine rings is 1. The normalized spacial score (nSPS) is 10.1. The summed E-state index contributed by atoms with van der Waals surface area (Å²) < 4.78 is 0. The Bertz CT molecular complexity index is 579. The maximum Gasteiger partial charge on any atom is 0.225 e. The first-order valence-electron chi connectivity index (χ1n) is 6.77. The Kier molecular flexibility index (Phi) is 4.71. The van der Waals surface area contributed by atoms with E-state index < -0.39 is 0 Å². The number of hydrogen-bond donors (Lipinski definition) is 2. The number of aryl methyl sites for hydroxylation is 1. The third-order valence-electron chi connectivity index (χ3n) is 2.93. The second kappa shape index (κ2) is 6.70. The number of carbonyl (C=O) groups is 1. The highest BCUT2D eigenvalue weighted by Crippen LogP contribution is 2.20. The van der Waals surface area contributed by atoms with E-state index in [1.165, 1.54) is 5.56 Å². The van der Waals surface area contributed by atoms with Gasteiger partial charge in [0, 0.05) is 12.1 Å². The molecule has 1 amide bonds. The summed E-state index contributed by atoms with van der Waals surface area (Å²) in [5.74, 6) is 0.582. The number of amides is 1. The molecule has 0 aliphatic rings. The van der Waals surface area contributed by atoms with Crippen LogP contribution in [0, 0.1) is 6.92 Å². The molecule has 20 heavy (non-hydrogen) atoms. The van der Waals surface area contributed by atoms with Gasteiger partial charge in [0.05, 0.1) is 11.9 Å². The molecule has 1 aromatic heterocycles. The number of para-hydroxylation sites is 1. The van der Waals surface area contributed by atoms with Gasteiger partial charge in [0.25, 0.3) is 0 Å². The lowest BCUT2D eigenvalue weighted by molar-refractivity contribution is -0.116. The third-order valence-corrected chi connectivity index (χ3v) is 2.93. The third kappa shape index (κ3) is 3.82. The van der Waals surface area contributed by atoms with Crippen LogP contribution in [0.25, 0.3) is 0 Å². The molecule has 104 valence electrons. The Balaban J connectivity index is 2.02. The standard InChI is InChI=1S/C16H19N3O/c1-3-6-16(20)19-15-10-9-13(11-17-15)18-14-8-5-4-7-12(14)2/h4-5,7-11,18H,3,6H2,1-2H3,(H,17,19,20). The van der Waals surface area contributed by atoms with Gasteiger partial charge in [-0.25, -0.2) is 4.98 Å². The molecule has 0 spiro atoms. The summed E-state index contributed by atoms with van der Waals surface area (Å²) in [5.41, 5.74) is 3.12. The summed E-state index contributed by atoms with van der Waals surface area (Å²) in [7, 11) is 0. The molecule has 1 aromatic carbocycles. The minimum absolute atomic E-state index is 0.000358. The zero-order chi connectivity index (χ0) is 14.4. The minimum Gasteiger partial charge on any atom is -0.354 e. The van der Waals surface area contributed by atoms with Crippen LogP contribution in [0.3, 0.4) is 0 Å². The molecule has 4 heteroatoms. The Morgan fingerprint density at radius 2 is 2.00 bits per heavy atom. The minimum atomic E-state index is -0.000358. The first-order valence-corrected chi connectivity index (χ1v) is 6.77. The summed E-state index contributed by atoms with van der Waals surface area (Å²) in [5, 5.41) is 6.07. The molecule has 0 bridgehead atoms. The highest BCUT2D eigenvalue weighted by Gasteiger charge is 2.02. The highest BCUT2D eigenvalue weighted by molar-refractivity contribution is 5.89. The molecule has 0 atom stereocenters. The van der Waals surface area contributed by atoms with Crippen LogP contribution in [-0.2, 0) is 4.79 Å². The van der Waals surface area contributed by atoms with Gasteiger partial charge in [-0.2, -0.15) is 0 Å². The fourth-order valence-corrected chi connectivity index (χ4v) is 1.84. The van der Waals surface area contributed by atoms with Crippen molar-refractivity contribution in [3.8, 4) is 0 Å². The Morgan fingerprint density at radius 1 is 1.20 bits per heavy atom. The average Bonchev–Trinajstić information content (AvgIpc) is 2.44. The van der Waals surface area contributed by atoms with E-state index in [4.69, 9.17) is 0 Å². The Hall–Kier alpha value is -2.36. The molecule has 0 saturated heterocycles. The predicted octanol–water partition coefficient (Wildman–Crippen LogP) is 3.87. The van der Waals surface area contributed by atoms with Gasteiger partial charge < -0.3 is 10.6 Å². The van der Waals surface area contributed by atoms with E-state index in [-0.39, 0.29) is 5.91 Å². The molecule has 2 aromatic rings. The molecule has 2 N–H and O–H groups in total. The van der Waals surface area contributed by atoms with Gasteiger partial charge in [0.2, 0.25) is 5.91 Å². The van der Waals surface area contributed by atoms with Crippen molar-refractivity contribution >= 4 is 23.1 Å². The summed E-state index contributed by atoms with van der Waals surface area (Å²) in [4.78, 5) is 15.7. The lowest BCUT2D eigenvalue weighted by atomic mass is 10.2. The molecule has 0 fully saturated rings. The number of rotatable bonds is 5. The molecule has 0 radical (unpaired) electrons. The van der Waals surface area contributed by atoms with Gasteiger partial charge >= 0.3 is 0 Å². The van der Waals surface area contributed by atoms with Crippen molar-refractivity contribution in [1.29, 1.82) is 0 Å². The van der Waals surface area contributed by atoms with Crippen LogP contribution in [-0.4, -0.2) is 10.9 Å². The maximum absolute atomic E-state index is 11.5. The fraction of sp³-hybridized carbons (Fsp3) is 0.250. The molecular weight excluding hydrogens is 250 g/mol. The van der Waals surface area contributed by atoms with E-state index in [2.05, 4.69) is 28.6 Å². The van der Waals surface area contributed by atoms with Crippen molar-refractivity contribution in [3.05, 3.63) is 48.2 Å². The molecule has 4 nitrogen and oxygen atoms in total. The van der Waals surface area contributed by atoms with E-state index in [0.29, 0.717) is 12.2 Å². The van der Waals surface area contributed by atoms with Crippen molar-refractivity contribution in [1.82, 2.24) is 4.98 Å². The number of nitrogens with one attached hydrogen (secondary N) is 2. The van der Waals surface area contributed by atoms with Gasteiger partial charge in [-0.3, -0.25) is 4.79 Å². The molecule has 0 saturated carbocycles. The van der Waals surface area contributed by atoms with E-state index in [9.17, 15) is 4.79 Å². The van der Waals surface area contributed by atoms with E-state index in [1.54, 1.807) is 12.3 Å². The molecule has 0 aliphatic heterocycles. The first kappa shape index (κ1) is 14.1. The monoisotopic (exact) mass is 269 g/mol. The second-order valence-electron chi connectivity index (χ2n) is 4.67. The summed E-state index contributed by atoms with van der Waals surface area (Å²) in [6.45, 7) is 4.03. The van der Waals surface area contributed by atoms with Crippen molar-refractivity contribution < 1.29 is 4.79 Å². The SMILES string of the molecule is CCCC(=O)Nc1ccc(Nc2ccccc2C)cn1. The molecule has 1 heterocycles. The Labute approximate surface area is 119 Å². The van der Waals surface area contributed by atoms with Gasteiger partial charge in [-0.05, 0) is 37.1 Å². The van der Waals surface area contributed by atoms with Gasteiger partial charge in [0.15, 0.2) is 0 Å². The van der Waals surface area contributed by atoms with Crippen molar-refractivity contribution in [3.63, 3.8) is 0 Å². The largest absolute Gasteiger partial charge is 0.354 e. The molecular formula is C16H19N3O. The lowest BCUT2D eigenvalue weighted by Gasteiger charge is -2.09. The number of carbonyl (C=O) groups excluding carboxylic acids is 1. The summed E-state index contributed by atoms with van der Waals surface area (Å²) >= 11 is 0. The smallest absolute Gasteiger partial charge is 0.225 e. The molecule has 0 aliphatic carbocycles. The van der Waals surface area contributed by atoms with Crippen molar-refractivity contribution in [2.75, 3.05) is 10.6 Å². The number of benzene rings is 1.